The molecule has 0 amide bonds. The molecule has 0 atom stereocenters. The molecule has 0 fully saturated rings. The Kier molecular flexibility index (Phi) is 2.37. The molecule has 2 rings (SSSR count). The Morgan fingerprint density at radius 2 is 1.93 bits per heavy atom. The Morgan fingerprint density at radius 1 is 1.14 bits per heavy atom. The number of aromatic nitrogens is 1. The minimum absolute atomic E-state index is 0.555. The molecule has 2 aromatic rings. The topological polar surface area (TPSA) is 32.9 Å². The Labute approximate surface area is 86.5 Å². The normalized spacial score (nSPS) is 10.1. The molecule has 70 valence electrons. The van der Waals surface area contributed by atoms with Crippen molar-refractivity contribution in [2.75, 3.05) is 0 Å². The number of hydrogen-bond acceptors (Lipinski definition) is 1. The Balaban J connectivity index is 2.49. The van der Waals surface area contributed by atoms with Crippen molar-refractivity contribution in [1.29, 1.82) is 0 Å². The molecule has 0 unspecified atom stereocenters. The fourth-order valence-corrected chi connectivity index (χ4v) is 1.55. The van der Waals surface area contributed by atoms with Crippen LogP contribution in [0.15, 0.2) is 36.4 Å². The smallest absolute Gasteiger partial charge is 0.166 e. The van der Waals surface area contributed by atoms with Gasteiger partial charge in [-0.3, -0.25) is 4.79 Å². The molecule has 2 nitrogen and oxygen atoms in total. The van der Waals surface area contributed by atoms with Crippen LogP contribution in [0.2, 0.25) is 5.02 Å². The van der Waals surface area contributed by atoms with Crippen molar-refractivity contribution >= 4 is 17.9 Å². The first kappa shape index (κ1) is 9.03. The monoisotopic (exact) mass is 205 g/mol. The van der Waals surface area contributed by atoms with E-state index in [-0.39, 0.29) is 0 Å². The predicted octanol–water partition coefficient (Wildman–Crippen LogP) is 3.15. The second kappa shape index (κ2) is 3.68. The van der Waals surface area contributed by atoms with E-state index >= 15 is 0 Å². The number of rotatable bonds is 2. The summed E-state index contributed by atoms with van der Waals surface area (Å²) in [6, 6.07) is 11.1. The number of carbonyl (C=O) groups excluding carboxylic acids is 1. The van der Waals surface area contributed by atoms with Gasteiger partial charge in [0.05, 0.1) is 5.69 Å². The number of hydrogen-bond donors (Lipinski definition) is 1. The average molecular weight is 206 g/mol. The molecule has 1 aromatic carbocycles. The fraction of sp³-hybridized carbons (Fsp3) is 0. The van der Waals surface area contributed by atoms with Gasteiger partial charge in [0.25, 0.3) is 0 Å². The summed E-state index contributed by atoms with van der Waals surface area (Å²) in [6.45, 7) is 0. The van der Waals surface area contributed by atoms with Crippen LogP contribution >= 0.6 is 11.6 Å². The minimum Gasteiger partial charge on any atom is -0.352 e. The third-order valence-electron chi connectivity index (χ3n) is 2.00. The highest BCUT2D eigenvalue weighted by Crippen LogP contribution is 2.26. The van der Waals surface area contributed by atoms with Gasteiger partial charge in [0.1, 0.15) is 0 Å². The van der Waals surface area contributed by atoms with Crippen LogP contribution in [-0.4, -0.2) is 11.3 Å². The Morgan fingerprint density at radius 3 is 2.57 bits per heavy atom. The van der Waals surface area contributed by atoms with Gasteiger partial charge >= 0.3 is 0 Å². The van der Waals surface area contributed by atoms with Crippen LogP contribution in [0.1, 0.15) is 10.5 Å². The van der Waals surface area contributed by atoms with Crippen molar-refractivity contribution < 1.29 is 4.79 Å². The van der Waals surface area contributed by atoms with Gasteiger partial charge in [0, 0.05) is 16.3 Å². The maximum absolute atomic E-state index is 10.5. The van der Waals surface area contributed by atoms with Crippen molar-refractivity contribution in [3.8, 4) is 11.3 Å². The molecule has 0 aliphatic heterocycles. The molecule has 0 saturated heterocycles. The molecule has 0 spiro atoms. The number of nitrogens with one attached hydrogen (secondary N) is 1. The summed E-state index contributed by atoms with van der Waals surface area (Å²) in [5.41, 5.74) is 2.32. The van der Waals surface area contributed by atoms with Gasteiger partial charge < -0.3 is 4.98 Å². The zero-order valence-corrected chi connectivity index (χ0v) is 8.08. The molecule has 1 aromatic heterocycles. The van der Waals surface area contributed by atoms with Crippen molar-refractivity contribution in [3.05, 3.63) is 47.1 Å². The van der Waals surface area contributed by atoms with Crippen LogP contribution in [0.25, 0.3) is 11.3 Å². The first-order chi connectivity index (χ1) is 6.81. The number of benzene rings is 1. The SMILES string of the molecule is O=Cc1ccc(-c2ccccc2Cl)[nH]1. The third-order valence-corrected chi connectivity index (χ3v) is 2.33. The summed E-state index contributed by atoms with van der Waals surface area (Å²) in [5.74, 6) is 0. The van der Waals surface area contributed by atoms with Crippen molar-refractivity contribution in [3.63, 3.8) is 0 Å². The van der Waals surface area contributed by atoms with Crippen LogP contribution in [0.3, 0.4) is 0 Å². The molecular weight excluding hydrogens is 198 g/mol. The maximum atomic E-state index is 10.5. The van der Waals surface area contributed by atoms with E-state index in [1.54, 1.807) is 6.07 Å². The molecule has 0 saturated carbocycles. The van der Waals surface area contributed by atoms with Gasteiger partial charge in [0.15, 0.2) is 6.29 Å². The van der Waals surface area contributed by atoms with E-state index in [4.69, 9.17) is 11.6 Å². The van der Waals surface area contributed by atoms with Gasteiger partial charge in [-0.15, -0.1) is 0 Å². The predicted molar refractivity (Wildman–Crippen MR) is 56.6 cm³/mol. The molecule has 0 radical (unpaired) electrons. The van der Waals surface area contributed by atoms with Gasteiger partial charge in [-0.05, 0) is 18.2 Å². The molecule has 0 aliphatic rings. The molecule has 1 N–H and O–H groups in total. The molecule has 0 aliphatic carbocycles. The highest BCUT2D eigenvalue weighted by atomic mass is 35.5. The summed E-state index contributed by atoms with van der Waals surface area (Å²) in [5, 5.41) is 0.673. The van der Waals surface area contributed by atoms with E-state index in [0.29, 0.717) is 10.7 Å². The molecule has 1 heterocycles. The van der Waals surface area contributed by atoms with E-state index in [1.165, 1.54) is 0 Å². The Bertz CT molecular complexity index is 462. The van der Waals surface area contributed by atoms with E-state index in [1.807, 2.05) is 30.3 Å². The zero-order chi connectivity index (χ0) is 9.97. The first-order valence-corrected chi connectivity index (χ1v) is 4.58. The average Bonchev–Trinajstić information content (AvgIpc) is 2.67. The summed E-state index contributed by atoms with van der Waals surface area (Å²) in [6.07, 6.45) is 0.778. The molecule has 14 heavy (non-hydrogen) atoms. The van der Waals surface area contributed by atoms with E-state index in [0.717, 1.165) is 17.5 Å². The lowest BCUT2D eigenvalue weighted by atomic mass is 10.2. The van der Waals surface area contributed by atoms with E-state index < -0.39 is 0 Å². The zero-order valence-electron chi connectivity index (χ0n) is 7.33. The third kappa shape index (κ3) is 1.56. The number of H-pyrrole nitrogens is 1. The number of carbonyl (C=O) groups is 1. The summed E-state index contributed by atoms with van der Waals surface area (Å²) in [7, 11) is 0. The van der Waals surface area contributed by atoms with Crippen LogP contribution in [-0.2, 0) is 0 Å². The maximum Gasteiger partial charge on any atom is 0.166 e. The number of halogens is 1. The molecule has 3 heteroatoms. The number of aldehydes is 1. The van der Waals surface area contributed by atoms with Crippen molar-refractivity contribution in [1.82, 2.24) is 4.98 Å². The van der Waals surface area contributed by atoms with Gasteiger partial charge in [-0.1, -0.05) is 29.8 Å². The van der Waals surface area contributed by atoms with Gasteiger partial charge in [-0.2, -0.15) is 0 Å². The quantitative estimate of drug-likeness (QED) is 0.751. The van der Waals surface area contributed by atoms with Gasteiger partial charge in [-0.25, -0.2) is 0 Å². The lowest BCUT2D eigenvalue weighted by Crippen LogP contribution is -1.81. The second-order valence-corrected chi connectivity index (χ2v) is 3.33. The fourth-order valence-electron chi connectivity index (χ4n) is 1.32. The lowest BCUT2D eigenvalue weighted by molar-refractivity contribution is 0.111. The standard InChI is InChI=1S/C11H8ClNO/c12-10-4-2-1-3-9(10)11-6-5-8(7-14)13-11/h1-7,13H. The van der Waals surface area contributed by atoms with Crippen LogP contribution in [0, 0.1) is 0 Å². The van der Waals surface area contributed by atoms with E-state index in [2.05, 4.69) is 4.98 Å². The van der Waals surface area contributed by atoms with Crippen LogP contribution < -0.4 is 0 Å². The molecule has 0 bridgehead atoms. The number of aromatic amines is 1. The molecular formula is C11H8ClNO. The summed E-state index contributed by atoms with van der Waals surface area (Å²) >= 11 is 6.00. The van der Waals surface area contributed by atoms with Crippen LogP contribution in [0.5, 0.6) is 0 Å². The highest BCUT2D eigenvalue weighted by Gasteiger charge is 2.04. The lowest BCUT2D eigenvalue weighted by Gasteiger charge is -1.99. The summed E-state index contributed by atoms with van der Waals surface area (Å²) < 4.78 is 0. The van der Waals surface area contributed by atoms with Gasteiger partial charge in [0.2, 0.25) is 0 Å². The Hall–Kier alpha value is -1.54. The van der Waals surface area contributed by atoms with Crippen LogP contribution in [0.4, 0.5) is 0 Å². The van der Waals surface area contributed by atoms with E-state index in [9.17, 15) is 4.79 Å². The largest absolute Gasteiger partial charge is 0.352 e. The second-order valence-electron chi connectivity index (χ2n) is 2.93. The van der Waals surface area contributed by atoms with Crippen molar-refractivity contribution in [2.45, 2.75) is 0 Å². The highest BCUT2D eigenvalue weighted by molar-refractivity contribution is 6.33. The minimum atomic E-state index is 0.555. The van der Waals surface area contributed by atoms with Crippen molar-refractivity contribution in [2.24, 2.45) is 0 Å². The first-order valence-electron chi connectivity index (χ1n) is 4.20. The summed E-state index contributed by atoms with van der Waals surface area (Å²) in [4.78, 5) is 13.4.